The van der Waals surface area contributed by atoms with E-state index in [9.17, 15) is 0 Å². The molecule has 4 aromatic carbocycles. The first-order valence-corrected chi connectivity index (χ1v) is 11.1. The van der Waals surface area contributed by atoms with Crippen LogP contribution in [0.4, 0.5) is 0 Å². The second kappa shape index (κ2) is 9.48. The van der Waals surface area contributed by atoms with Gasteiger partial charge in [0.15, 0.2) is 17.5 Å². The van der Waals surface area contributed by atoms with E-state index in [0.717, 1.165) is 39.8 Å². The summed E-state index contributed by atoms with van der Waals surface area (Å²) in [4.78, 5) is 14.4. The molecule has 5 aromatic rings. The molecule has 0 radical (unpaired) electrons. The summed E-state index contributed by atoms with van der Waals surface area (Å²) in [5.41, 5.74) is 6.96. The van der Waals surface area contributed by atoms with Gasteiger partial charge >= 0.3 is 0 Å². The van der Waals surface area contributed by atoms with Gasteiger partial charge in [0.2, 0.25) is 0 Å². The molecule has 0 spiro atoms. The molecule has 162 valence electrons. The summed E-state index contributed by atoms with van der Waals surface area (Å²) in [6.07, 6.45) is 0.761. The maximum atomic E-state index is 9.15. The Kier molecular flexibility index (Phi) is 5.92. The number of benzene rings is 4. The summed E-state index contributed by atoms with van der Waals surface area (Å²) >= 11 is 0. The van der Waals surface area contributed by atoms with E-state index in [-0.39, 0.29) is 0 Å². The highest BCUT2D eigenvalue weighted by molar-refractivity contribution is 5.66. The quantitative estimate of drug-likeness (QED) is 0.308. The van der Waals surface area contributed by atoms with Crippen molar-refractivity contribution in [3.63, 3.8) is 0 Å². The monoisotopic (exact) mass is 438 g/mol. The van der Waals surface area contributed by atoms with Gasteiger partial charge in [0.05, 0.1) is 11.6 Å². The van der Waals surface area contributed by atoms with Gasteiger partial charge in [-0.3, -0.25) is 0 Å². The maximum absolute atomic E-state index is 9.15. The van der Waals surface area contributed by atoms with E-state index in [1.54, 1.807) is 0 Å². The number of nitrogens with zero attached hydrogens (tertiary/aromatic N) is 4. The van der Waals surface area contributed by atoms with Crippen molar-refractivity contribution in [1.29, 1.82) is 5.26 Å². The second-order valence-corrected chi connectivity index (χ2v) is 8.23. The summed E-state index contributed by atoms with van der Waals surface area (Å²) in [5.74, 6) is 1.95. The van der Waals surface area contributed by atoms with Crippen LogP contribution in [0.1, 0.15) is 22.3 Å². The van der Waals surface area contributed by atoms with Gasteiger partial charge in [-0.25, -0.2) is 15.0 Å². The van der Waals surface area contributed by atoms with E-state index >= 15 is 0 Å². The van der Waals surface area contributed by atoms with Crippen LogP contribution in [0.5, 0.6) is 0 Å². The normalized spacial score (nSPS) is 10.6. The molecule has 0 unspecified atom stereocenters. The van der Waals surface area contributed by atoms with Crippen LogP contribution in [-0.4, -0.2) is 15.0 Å². The molecular weight excluding hydrogens is 416 g/mol. The number of aromatic nitrogens is 3. The summed E-state index contributed by atoms with van der Waals surface area (Å²) in [6, 6.07) is 36.4. The molecule has 1 aromatic heterocycles. The predicted molar refractivity (Wildman–Crippen MR) is 135 cm³/mol. The SMILES string of the molecule is Cc1cccc(-c2nc(-c3ccccc3)nc(-c3ccc(Cc4cccc(C#N)c4)cc3)n2)c1. The van der Waals surface area contributed by atoms with Gasteiger partial charge in [0.1, 0.15) is 0 Å². The lowest BCUT2D eigenvalue weighted by atomic mass is 10.0. The molecule has 1 heterocycles. The lowest BCUT2D eigenvalue weighted by Gasteiger charge is -2.09. The number of hydrogen-bond acceptors (Lipinski definition) is 4. The lowest BCUT2D eigenvalue weighted by Crippen LogP contribution is -2.00. The molecule has 0 saturated heterocycles. The van der Waals surface area contributed by atoms with E-state index < -0.39 is 0 Å². The molecule has 5 rings (SSSR count). The van der Waals surface area contributed by atoms with Crippen LogP contribution in [-0.2, 0) is 6.42 Å². The summed E-state index contributed by atoms with van der Waals surface area (Å²) in [5, 5.41) is 9.15. The van der Waals surface area contributed by atoms with Crippen molar-refractivity contribution < 1.29 is 0 Å². The van der Waals surface area contributed by atoms with Crippen molar-refractivity contribution in [3.8, 4) is 40.2 Å². The average molecular weight is 439 g/mol. The number of hydrogen-bond donors (Lipinski definition) is 0. The molecule has 0 bridgehead atoms. The first-order valence-electron chi connectivity index (χ1n) is 11.1. The van der Waals surface area contributed by atoms with Crippen molar-refractivity contribution in [1.82, 2.24) is 15.0 Å². The summed E-state index contributed by atoms with van der Waals surface area (Å²) in [7, 11) is 0. The van der Waals surface area contributed by atoms with Crippen LogP contribution in [0, 0.1) is 18.3 Å². The number of rotatable bonds is 5. The zero-order valence-electron chi connectivity index (χ0n) is 18.8. The lowest BCUT2D eigenvalue weighted by molar-refractivity contribution is 1.07. The zero-order valence-corrected chi connectivity index (χ0v) is 18.8. The maximum Gasteiger partial charge on any atom is 0.164 e. The molecule has 0 saturated carbocycles. The fraction of sp³-hybridized carbons (Fsp3) is 0.0667. The van der Waals surface area contributed by atoms with E-state index in [1.807, 2.05) is 78.9 Å². The first-order chi connectivity index (χ1) is 16.7. The Morgan fingerprint density at radius 3 is 1.88 bits per heavy atom. The highest BCUT2D eigenvalue weighted by Gasteiger charge is 2.12. The topological polar surface area (TPSA) is 62.5 Å². The molecule has 4 nitrogen and oxygen atoms in total. The van der Waals surface area contributed by atoms with E-state index in [0.29, 0.717) is 23.0 Å². The van der Waals surface area contributed by atoms with Gasteiger partial charge in [0.25, 0.3) is 0 Å². The zero-order chi connectivity index (χ0) is 23.3. The summed E-state index contributed by atoms with van der Waals surface area (Å²) in [6.45, 7) is 2.06. The van der Waals surface area contributed by atoms with Crippen LogP contribution < -0.4 is 0 Å². The largest absolute Gasteiger partial charge is 0.208 e. The van der Waals surface area contributed by atoms with Gasteiger partial charge in [-0.05, 0) is 42.7 Å². The molecule has 0 atom stereocenters. The van der Waals surface area contributed by atoms with Crippen LogP contribution in [0.3, 0.4) is 0 Å². The fourth-order valence-electron chi connectivity index (χ4n) is 3.89. The molecule has 0 amide bonds. The Hall–Kier alpha value is -4.62. The van der Waals surface area contributed by atoms with Gasteiger partial charge in [-0.2, -0.15) is 5.26 Å². The van der Waals surface area contributed by atoms with E-state index in [1.165, 1.54) is 0 Å². The third kappa shape index (κ3) is 4.74. The highest BCUT2D eigenvalue weighted by Crippen LogP contribution is 2.25. The first kappa shape index (κ1) is 21.2. The van der Waals surface area contributed by atoms with Gasteiger partial charge < -0.3 is 0 Å². The van der Waals surface area contributed by atoms with Crippen molar-refractivity contribution in [2.75, 3.05) is 0 Å². The van der Waals surface area contributed by atoms with Gasteiger partial charge in [0, 0.05) is 16.7 Å². The van der Waals surface area contributed by atoms with Crippen LogP contribution in [0.2, 0.25) is 0 Å². The Bertz CT molecular complexity index is 1480. The Balaban J connectivity index is 1.52. The van der Waals surface area contributed by atoms with E-state index in [2.05, 4.69) is 37.3 Å². The third-order valence-corrected chi connectivity index (χ3v) is 5.62. The Morgan fingerprint density at radius 2 is 1.21 bits per heavy atom. The van der Waals surface area contributed by atoms with Crippen molar-refractivity contribution in [3.05, 3.63) is 125 Å². The Morgan fingerprint density at radius 1 is 0.588 bits per heavy atom. The third-order valence-electron chi connectivity index (χ3n) is 5.62. The van der Waals surface area contributed by atoms with Gasteiger partial charge in [-0.1, -0.05) is 90.5 Å². The standard InChI is InChI=1S/C30H22N4/c1-21-7-5-12-27(17-21)30-33-28(25-10-3-2-4-11-25)32-29(34-30)26-15-13-22(14-16-26)18-23-8-6-9-24(19-23)20-31/h2-17,19H,18H2,1H3. The molecule has 0 N–H and O–H groups in total. The Labute approximate surface area is 199 Å². The summed E-state index contributed by atoms with van der Waals surface area (Å²) < 4.78 is 0. The molecule has 0 fully saturated rings. The number of nitriles is 1. The number of aryl methyl sites for hydroxylation is 1. The fourth-order valence-corrected chi connectivity index (χ4v) is 3.89. The molecule has 4 heteroatoms. The molecule has 34 heavy (non-hydrogen) atoms. The van der Waals surface area contributed by atoms with Crippen LogP contribution in [0.25, 0.3) is 34.2 Å². The molecule has 0 aliphatic heterocycles. The van der Waals surface area contributed by atoms with Crippen molar-refractivity contribution in [2.45, 2.75) is 13.3 Å². The average Bonchev–Trinajstić information content (AvgIpc) is 2.89. The molecule has 0 aliphatic carbocycles. The minimum absolute atomic E-state index is 0.642. The minimum Gasteiger partial charge on any atom is -0.208 e. The van der Waals surface area contributed by atoms with E-state index in [4.69, 9.17) is 20.2 Å². The van der Waals surface area contributed by atoms with Crippen molar-refractivity contribution in [2.24, 2.45) is 0 Å². The second-order valence-electron chi connectivity index (χ2n) is 8.23. The predicted octanol–water partition coefficient (Wildman–Crippen LogP) is 6.64. The molecular formula is C30H22N4. The molecule has 0 aliphatic rings. The van der Waals surface area contributed by atoms with Crippen LogP contribution in [0.15, 0.2) is 103 Å². The smallest absolute Gasteiger partial charge is 0.164 e. The van der Waals surface area contributed by atoms with Crippen molar-refractivity contribution >= 4 is 0 Å². The minimum atomic E-state index is 0.642. The van der Waals surface area contributed by atoms with Crippen LogP contribution >= 0.6 is 0 Å². The highest BCUT2D eigenvalue weighted by atomic mass is 15.0. The van der Waals surface area contributed by atoms with Gasteiger partial charge in [-0.15, -0.1) is 0 Å².